The van der Waals surface area contributed by atoms with E-state index in [9.17, 15) is 4.79 Å². The molecule has 0 saturated carbocycles. The molecule has 1 fully saturated rings. The molecule has 7 heteroatoms. The molecular weight excluding hydrogens is 299 g/mol. The molecule has 1 saturated heterocycles. The lowest BCUT2D eigenvalue weighted by atomic mass is 10.2. The number of nitrogens with two attached hydrogens (primary N) is 1. The summed E-state index contributed by atoms with van der Waals surface area (Å²) in [5.74, 6) is -0.156. The number of nitrogens with zero attached hydrogens (tertiary/aromatic N) is 2. The molecule has 0 radical (unpaired) electrons. The predicted octanol–water partition coefficient (Wildman–Crippen LogP) is 2.21. The normalized spacial score (nSPS) is 15.4. The topological polar surface area (TPSA) is 70.7 Å². The third-order valence-electron chi connectivity index (χ3n) is 2.93. The highest BCUT2D eigenvalue weighted by Crippen LogP contribution is 2.10. The molecule has 0 bridgehead atoms. The van der Waals surface area contributed by atoms with E-state index in [0.717, 1.165) is 25.9 Å². The van der Waals surface area contributed by atoms with Gasteiger partial charge in [-0.3, -0.25) is 15.1 Å². The van der Waals surface area contributed by atoms with E-state index in [1.54, 1.807) is 24.3 Å². The fourth-order valence-electron chi connectivity index (χ4n) is 1.94. The van der Waals surface area contributed by atoms with E-state index in [0.29, 0.717) is 10.6 Å². The molecule has 0 atom stereocenters. The van der Waals surface area contributed by atoms with Crippen LogP contribution in [0.5, 0.6) is 0 Å². The zero-order chi connectivity index (χ0) is 13.7. The molecule has 3 N–H and O–H groups in total. The molecule has 1 aliphatic rings. The highest BCUT2D eigenvalue weighted by molar-refractivity contribution is 6.30. The Morgan fingerprint density at radius 1 is 1.20 bits per heavy atom. The van der Waals surface area contributed by atoms with Gasteiger partial charge in [-0.15, -0.1) is 17.5 Å². The molecule has 2 rings (SSSR count). The number of carbonyl (C=O) groups excluding carboxylic acids is 1. The molecule has 1 aliphatic heterocycles. The van der Waals surface area contributed by atoms with Gasteiger partial charge in [0, 0.05) is 23.7 Å². The Morgan fingerprint density at radius 3 is 2.40 bits per heavy atom. The Kier molecular flexibility index (Phi) is 6.61. The van der Waals surface area contributed by atoms with Crippen molar-refractivity contribution < 1.29 is 4.79 Å². The lowest BCUT2D eigenvalue weighted by molar-refractivity contribution is 0.0975. The summed E-state index contributed by atoms with van der Waals surface area (Å²) in [6, 6.07) is 6.61. The van der Waals surface area contributed by atoms with E-state index >= 15 is 0 Å². The van der Waals surface area contributed by atoms with Gasteiger partial charge in [-0.25, -0.2) is 0 Å². The van der Waals surface area contributed by atoms with Gasteiger partial charge >= 0.3 is 0 Å². The van der Waals surface area contributed by atoms with Gasteiger partial charge in [-0.05, 0) is 43.5 Å². The summed E-state index contributed by atoms with van der Waals surface area (Å²) < 4.78 is 0. The third-order valence-corrected chi connectivity index (χ3v) is 3.18. The van der Waals surface area contributed by atoms with Crippen LogP contribution in [0.1, 0.15) is 29.6 Å². The van der Waals surface area contributed by atoms with Crippen LogP contribution in [0.2, 0.25) is 5.02 Å². The first-order chi connectivity index (χ1) is 9.15. The van der Waals surface area contributed by atoms with E-state index < -0.39 is 0 Å². The average molecular weight is 317 g/mol. The van der Waals surface area contributed by atoms with E-state index in [1.165, 1.54) is 6.42 Å². The van der Waals surface area contributed by atoms with Crippen molar-refractivity contribution in [3.05, 3.63) is 34.9 Å². The molecule has 0 unspecified atom stereocenters. The maximum atomic E-state index is 11.9. The number of hydrogen-bond donors (Lipinski definition) is 2. The number of hydrazone groups is 1. The van der Waals surface area contributed by atoms with Gasteiger partial charge in [0.05, 0.1) is 0 Å². The number of guanidine groups is 1. The Hall–Kier alpha value is -1.46. The second-order valence-corrected chi connectivity index (χ2v) is 4.90. The quantitative estimate of drug-likeness (QED) is 0.649. The highest BCUT2D eigenvalue weighted by Gasteiger charge is 2.10. The molecule has 110 valence electrons. The lowest BCUT2D eigenvalue weighted by Crippen LogP contribution is -2.39. The van der Waals surface area contributed by atoms with Gasteiger partial charge < -0.3 is 5.73 Å². The van der Waals surface area contributed by atoms with Crippen LogP contribution < -0.4 is 11.1 Å². The van der Waals surface area contributed by atoms with Crippen molar-refractivity contribution in [1.29, 1.82) is 0 Å². The fourth-order valence-corrected chi connectivity index (χ4v) is 2.07. The summed E-state index contributed by atoms with van der Waals surface area (Å²) in [4.78, 5) is 11.9. The molecule has 1 aromatic carbocycles. The smallest absolute Gasteiger partial charge is 0.257 e. The molecule has 1 aromatic rings. The van der Waals surface area contributed by atoms with Gasteiger partial charge in [0.25, 0.3) is 5.91 Å². The molecule has 1 heterocycles. The van der Waals surface area contributed by atoms with Gasteiger partial charge in [0.2, 0.25) is 5.96 Å². The minimum atomic E-state index is -0.282. The van der Waals surface area contributed by atoms with Crippen molar-refractivity contribution in [2.45, 2.75) is 19.3 Å². The van der Waals surface area contributed by atoms with Crippen LogP contribution in [-0.2, 0) is 0 Å². The summed E-state index contributed by atoms with van der Waals surface area (Å²) in [5, 5.41) is 9.23. The summed E-state index contributed by atoms with van der Waals surface area (Å²) >= 11 is 5.76. The lowest BCUT2D eigenvalue weighted by Gasteiger charge is -2.23. The molecule has 5 nitrogen and oxygen atoms in total. The molecule has 1 amide bonds. The number of hydrogen-bond acceptors (Lipinski definition) is 3. The zero-order valence-electron chi connectivity index (χ0n) is 11.0. The van der Waals surface area contributed by atoms with Crippen LogP contribution in [0.15, 0.2) is 29.4 Å². The second-order valence-electron chi connectivity index (χ2n) is 4.46. The van der Waals surface area contributed by atoms with Crippen LogP contribution in [-0.4, -0.2) is 30.0 Å². The number of benzene rings is 1. The first-order valence-corrected chi connectivity index (χ1v) is 6.69. The number of nitrogens with one attached hydrogen (secondary N) is 1. The zero-order valence-corrected chi connectivity index (χ0v) is 12.6. The van der Waals surface area contributed by atoms with E-state index in [-0.39, 0.29) is 24.3 Å². The molecule has 0 spiro atoms. The Morgan fingerprint density at radius 2 is 1.80 bits per heavy atom. The van der Waals surface area contributed by atoms with Crippen LogP contribution >= 0.6 is 24.0 Å². The van der Waals surface area contributed by atoms with Crippen molar-refractivity contribution >= 4 is 35.9 Å². The van der Waals surface area contributed by atoms with E-state index in [2.05, 4.69) is 10.4 Å². The van der Waals surface area contributed by atoms with Crippen molar-refractivity contribution in [2.24, 2.45) is 10.8 Å². The first-order valence-electron chi connectivity index (χ1n) is 6.31. The van der Waals surface area contributed by atoms with Gasteiger partial charge in [-0.1, -0.05) is 11.6 Å². The standard InChI is InChI=1S/C13H17ClN4O.ClH/c14-11-6-4-10(5-7-11)12(19)16-13(15)17-18-8-2-1-3-9-18;/h4-7H,1-3,8-9H2,(H3,15,16,17,19);1H. The Labute approximate surface area is 129 Å². The average Bonchev–Trinajstić information content (AvgIpc) is 2.40. The number of halogens is 2. The van der Waals surface area contributed by atoms with Gasteiger partial charge in [-0.2, -0.15) is 0 Å². The number of piperidine rings is 1. The van der Waals surface area contributed by atoms with Gasteiger partial charge in [0.15, 0.2) is 0 Å². The Bertz CT molecular complexity index is 470. The summed E-state index contributed by atoms with van der Waals surface area (Å²) in [6.45, 7) is 1.77. The first kappa shape index (κ1) is 16.6. The largest absolute Gasteiger partial charge is 0.368 e. The van der Waals surface area contributed by atoms with Crippen molar-refractivity contribution in [2.75, 3.05) is 13.1 Å². The maximum absolute atomic E-state index is 11.9. The number of carbonyl (C=O) groups is 1. The van der Waals surface area contributed by atoms with Crippen molar-refractivity contribution in [3.63, 3.8) is 0 Å². The highest BCUT2D eigenvalue weighted by atomic mass is 35.5. The van der Waals surface area contributed by atoms with E-state index in [4.69, 9.17) is 17.3 Å². The Balaban J connectivity index is 0.00000200. The summed E-state index contributed by atoms with van der Waals surface area (Å²) in [6.07, 6.45) is 3.45. The third kappa shape index (κ3) is 4.90. The van der Waals surface area contributed by atoms with Crippen LogP contribution in [0.4, 0.5) is 0 Å². The monoisotopic (exact) mass is 316 g/mol. The maximum Gasteiger partial charge on any atom is 0.257 e. The summed E-state index contributed by atoms with van der Waals surface area (Å²) in [7, 11) is 0. The minimum absolute atomic E-state index is 0. The molecule has 0 aromatic heterocycles. The van der Waals surface area contributed by atoms with Gasteiger partial charge in [0.1, 0.15) is 0 Å². The summed E-state index contributed by atoms with van der Waals surface area (Å²) in [5.41, 5.74) is 6.22. The SMILES string of the molecule is Cl.N/C(=N\N1CCCCC1)NC(=O)c1ccc(Cl)cc1. The fraction of sp³-hybridized carbons (Fsp3) is 0.385. The second kappa shape index (κ2) is 7.97. The molecular formula is C13H18Cl2N4O. The molecule has 20 heavy (non-hydrogen) atoms. The minimum Gasteiger partial charge on any atom is -0.368 e. The van der Waals surface area contributed by atoms with Crippen LogP contribution in [0, 0.1) is 0 Å². The molecule has 0 aliphatic carbocycles. The van der Waals surface area contributed by atoms with Crippen molar-refractivity contribution in [3.8, 4) is 0 Å². The predicted molar refractivity (Wildman–Crippen MR) is 83.2 cm³/mol. The number of rotatable bonds is 2. The van der Waals surface area contributed by atoms with E-state index in [1.807, 2.05) is 5.01 Å². The van der Waals surface area contributed by atoms with Crippen LogP contribution in [0.3, 0.4) is 0 Å². The van der Waals surface area contributed by atoms with Crippen LogP contribution in [0.25, 0.3) is 0 Å². The van der Waals surface area contributed by atoms with Crippen molar-refractivity contribution in [1.82, 2.24) is 10.3 Å². The number of amides is 1.